The lowest BCUT2D eigenvalue weighted by atomic mass is 10.2. The third-order valence-electron chi connectivity index (χ3n) is 3.93. The third-order valence-corrected chi connectivity index (χ3v) is 5.37. The highest BCUT2D eigenvalue weighted by Gasteiger charge is 2.14. The number of anilines is 1. The Morgan fingerprint density at radius 3 is 2.57 bits per heavy atom. The summed E-state index contributed by atoms with van der Waals surface area (Å²) >= 11 is 4.70. The maximum Gasteiger partial charge on any atom is 0.286 e. The first-order valence-corrected chi connectivity index (χ1v) is 10.4. The summed E-state index contributed by atoms with van der Waals surface area (Å²) in [7, 11) is 1.98. The molecule has 0 atom stereocenters. The Morgan fingerprint density at radius 2 is 1.86 bits per heavy atom. The Bertz CT molecular complexity index is 913. The Hall–Kier alpha value is -2.29. The molecule has 0 aliphatic rings. The summed E-state index contributed by atoms with van der Waals surface area (Å²) in [6, 6.07) is 15.4. The number of aryl methyl sites for hydroxylation is 1. The fourth-order valence-corrected chi connectivity index (χ4v) is 3.47. The lowest BCUT2D eigenvalue weighted by molar-refractivity contribution is 0.102. The number of nitrogens with one attached hydrogen (secondary N) is 1. The summed E-state index contributed by atoms with van der Waals surface area (Å²) in [5.41, 5.74) is 1.89. The van der Waals surface area contributed by atoms with E-state index < -0.39 is 0 Å². The Morgan fingerprint density at radius 1 is 1.14 bits per heavy atom. The van der Waals surface area contributed by atoms with Gasteiger partial charge in [-0.05, 0) is 50.4 Å². The van der Waals surface area contributed by atoms with E-state index in [2.05, 4.69) is 36.3 Å². The first-order chi connectivity index (χ1) is 13.5. The van der Waals surface area contributed by atoms with Crippen LogP contribution in [-0.4, -0.2) is 41.2 Å². The van der Waals surface area contributed by atoms with Crippen LogP contribution in [0.15, 0.2) is 53.0 Å². The molecule has 1 heterocycles. The molecule has 146 valence electrons. The molecule has 8 heteroatoms. The van der Waals surface area contributed by atoms with Crippen LogP contribution in [0.5, 0.6) is 5.75 Å². The molecule has 0 saturated heterocycles. The SMILES string of the molecule is Cc1ccc(NC(=O)c2nnc(CN(C)CCOc3ccc(Br)cc3)s2)cc1. The molecule has 6 nitrogen and oxygen atoms in total. The predicted molar refractivity (Wildman–Crippen MR) is 115 cm³/mol. The van der Waals surface area contributed by atoms with E-state index in [4.69, 9.17) is 4.74 Å². The number of benzene rings is 2. The smallest absolute Gasteiger partial charge is 0.286 e. The summed E-state index contributed by atoms with van der Waals surface area (Å²) in [6.07, 6.45) is 0. The van der Waals surface area contributed by atoms with E-state index in [1.54, 1.807) is 0 Å². The van der Waals surface area contributed by atoms with Crippen molar-refractivity contribution >= 4 is 38.9 Å². The van der Waals surface area contributed by atoms with Gasteiger partial charge in [0.15, 0.2) is 0 Å². The van der Waals surface area contributed by atoms with Gasteiger partial charge in [-0.2, -0.15) is 0 Å². The van der Waals surface area contributed by atoms with Crippen LogP contribution in [-0.2, 0) is 6.54 Å². The summed E-state index contributed by atoms with van der Waals surface area (Å²) < 4.78 is 6.75. The Labute approximate surface area is 176 Å². The molecule has 1 N–H and O–H groups in total. The molecule has 0 radical (unpaired) electrons. The lowest BCUT2D eigenvalue weighted by Crippen LogP contribution is -2.23. The van der Waals surface area contributed by atoms with Crippen LogP contribution in [0.1, 0.15) is 20.4 Å². The molecular weight excluding hydrogens is 440 g/mol. The van der Waals surface area contributed by atoms with E-state index >= 15 is 0 Å². The molecule has 3 rings (SSSR count). The van der Waals surface area contributed by atoms with Gasteiger partial charge in [-0.25, -0.2) is 0 Å². The average molecular weight is 461 g/mol. The maximum absolute atomic E-state index is 12.3. The number of amides is 1. The van der Waals surface area contributed by atoms with Crippen molar-refractivity contribution in [2.24, 2.45) is 0 Å². The van der Waals surface area contributed by atoms with Crippen molar-refractivity contribution in [3.05, 3.63) is 68.6 Å². The highest BCUT2D eigenvalue weighted by atomic mass is 79.9. The second-order valence-electron chi connectivity index (χ2n) is 6.36. The van der Waals surface area contributed by atoms with Gasteiger partial charge in [0.25, 0.3) is 5.91 Å². The second-order valence-corrected chi connectivity index (χ2v) is 8.34. The van der Waals surface area contributed by atoms with Gasteiger partial charge >= 0.3 is 0 Å². The Kier molecular flexibility index (Phi) is 7.13. The molecule has 0 fully saturated rings. The van der Waals surface area contributed by atoms with Crippen molar-refractivity contribution in [2.45, 2.75) is 13.5 Å². The van der Waals surface area contributed by atoms with Gasteiger partial charge in [0.05, 0.1) is 6.54 Å². The largest absolute Gasteiger partial charge is 0.492 e. The van der Waals surface area contributed by atoms with Crippen LogP contribution in [0.4, 0.5) is 5.69 Å². The van der Waals surface area contributed by atoms with Gasteiger partial charge < -0.3 is 10.1 Å². The number of ether oxygens (including phenoxy) is 1. The normalized spacial score (nSPS) is 10.9. The zero-order valence-corrected chi connectivity index (χ0v) is 18.1. The van der Waals surface area contributed by atoms with Crippen LogP contribution in [0.25, 0.3) is 0 Å². The van der Waals surface area contributed by atoms with E-state index in [0.29, 0.717) is 18.2 Å². The molecule has 0 bridgehead atoms. The number of likely N-dealkylation sites (N-methyl/N-ethyl adjacent to an activating group) is 1. The number of hydrogen-bond donors (Lipinski definition) is 1. The summed E-state index contributed by atoms with van der Waals surface area (Å²) in [5, 5.41) is 12.1. The monoisotopic (exact) mass is 460 g/mol. The first kappa shape index (κ1) is 20.4. The van der Waals surface area contributed by atoms with Crippen LogP contribution >= 0.6 is 27.3 Å². The standard InChI is InChI=1S/C20H21BrN4O2S/c1-14-3-7-16(8-4-14)22-19(26)20-24-23-18(28-20)13-25(2)11-12-27-17-9-5-15(21)6-10-17/h3-10H,11-13H2,1-2H3,(H,22,26). The zero-order valence-electron chi connectivity index (χ0n) is 15.7. The second kappa shape index (κ2) is 9.77. The van der Waals surface area contributed by atoms with Crippen LogP contribution in [0.2, 0.25) is 0 Å². The van der Waals surface area contributed by atoms with E-state index in [1.165, 1.54) is 11.3 Å². The highest BCUT2D eigenvalue weighted by molar-refractivity contribution is 9.10. The zero-order chi connectivity index (χ0) is 19.9. The molecule has 0 saturated carbocycles. The molecule has 1 amide bonds. The van der Waals surface area contributed by atoms with Gasteiger partial charge in [-0.1, -0.05) is 45.0 Å². The minimum Gasteiger partial charge on any atom is -0.492 e. The molecule has 0 unspecified atom stereocenters. The fourth-order valence-electron chi connectivity index (χ4n) is 2.39. The van der Waals surface area contributed by atoms with Crippen molar-refractivity contribution in [1.29, 1.82) is 0 Å². The van der Waals surface area contributed by atoms with E-state index in [-0.39, 0.29) is 5.91 Å². The van der Waals surface area contributed by atoms with Crippen molar-refractivity contribution in [3.8, 4) is 5.75 Å². The number of aromatic nitrogens is 2. The third kappa shape index (κ3) is 6.12. The molecule has 0 aliphatic carbocycles. The predicted octanol–water partition coefficient (Wildman–Crippen LogP) is 4.37. The van der Waals surface area contributed by atoms with Crippen molar-refractivity contribution in [1.82, 2.24) is 15.1 Å². The molecule has 0 aliphatic heterocycles. The Balaban J connectivity index is 1.45. The minimum absolute atomic E-state index is 0.242. The van der Waals surface area contributed by atoms with Gasteiger partial charge in [-0.15, -0.1) is 10.2 Å². The van der Waals surface area contributed by atoms with Crippen LogP contribution < -0.4 is 10.1 Å². The van der Waals surface area contributed by atoms with Crippen LogP contribution in [0.3, 0.4) is 0 Å². The number of hydrogen-bond acceptors (Lipinski definition) is 6. The van der Waals surface area contributed by atoms with Gasteiger partial charge in [0.1, 0.15) is 17.4 Å². The summed E-state index contributed by atoms with van der Waals surface area (Å²) in [4.78, 5) is 14.4. The number of carbonyl (C=O) groups excluding carboxylic acids is 1. The van der Waals surface area contributed by atoms with E-state index in [0.717, 1.165) is 33.0 Å². The quantitative estimate of drug-likeness (QED) is 0.540. The highest BCUT2D eigenvalue weighted by Crippen LogP contribution is 2.17. The van der Waals surface area contributed by atoms with Crippen molar-refractivity contribution in [2.75, 3.05) is 25.5 Å². The number of nitrogens with zero attached hydrogens (tertiary/aromatic N) is 3. The van der Waals surface area contributed by atoms with E-state index in [9.17, 15) is 4.79 Å². The van der Waals surface area contributed by atoms with Gasteiger partial charge in [0, 0.05) is 16.7 Å². The average Bonchev–Trinajstić information content (AvgIpc) is 3.14. The maximum atomic E-state index is 12.3. The summed E-state index contributed by atoms with van der Waals surface area (Å²) in [5.74, 6) is 0.594. The number of halogens is 1. The first-order valence-electron chi connectivity index (χ1n) is 8.77. The lowest BCUT2D eigenvalue weighted by Gasteiger charge is -2.15. The molecule has 28 heavy (non-hydrogen) atoms. The van der Waals surface area contributed by atoms with Crippen molar-refractivity contribution < 1.29 is 9.53 Å². The fraction of sp³-hybridized carbons (Fsp3) is 0.250. The minimum atomic E-state index is -0.242. The van der Waals surface area contributed by atoms with E-state index in [1.807, 2.05) is 62.5 Å². The summed E-state index contributed by atoms with van der Waals surface area (Å²) in [6.45, 7) is 3.92. The molecule has 3 aromatic rings. The molecular formula is C20H21BrN4O2S. The molecule has 0 spiro atoms. The van der Waals surface area contributed by atoms with Crippen LogP contribution in [0, 0.1) is 6.92 Å². The number of carbonyl (C=O) groups is 1. The molecule has 1 aromatic heterocycles. The van der Waals surface area contributed by atoms with Gasteiger partial charge in [-0.3, -0.25) is 9.69 Å². The molecule has 2 aromatic carbocycles. The van der Waals surface area contributed by atoms with Crippen molar-refractivity contribution in [3.63, 3.8) is 0 Å². The van der Waals surface area contributed by atoms with Gasteiger partial charge in [0.2, 0.25) is 5.01 Å². The topological polar surface area (TPSA) is 67.4 Å². The number of rotatable bonds is 8.